The number of hydrogen-bond donors (Lipinski definition) is 2. The highest BCUT2D eigenvalue weighted by Crippen LogP contribution is 2.22. The Labute approximate surface area is 134 Å². The van der Waals surface area contributed by atoms with Gasteiger partial charge < -0.3 is 14.7 Å². The van der Waals surface area contributed by atoms with Crippen LogP contribution < -0.4 is 10.2 Å². The fourth-order valence-electron chi connectivity index (χ4n) is 2.18. The molecule has 1 saturated heterocycles. The number of halogens is 1. The summed E-state index contributed by atoms with van der Waals surface area (Å²) in [6.07, 6.45) is 0.625. The Morgan fingerprint density at radius 2 is 2.23 bits per heavy atom. The van der Waals surface area contributed by atoms with Crippen molar-refractivity contribution >= 4 is 29.5 Å². The van der Waals surface area contributed by atoms with E-state index in [1.807, 2.05) is 4.90 Å². The number of amides is 1. The predicted molar refractivity (Wildman–Crippen MR) is 84.4 cm³/mol. The first-order valence-electron chi connectivity index (χ1n) is 7.20. The Hall–Kier alpha value is -1.60. The predicted octanol–water partition coefficient (Wildman–Crippen LogP) is 2.44. The van der Waals surface area contributed by atoms with E-state index in [2.05, 4.69) is 15.3 Å². The fraction of sp³-hybridized carbons (Fsp3) is 0.643. The first-order chi connectivity index (χ1) is 10.2. The molecule has 2 N–H and O–H groups in total. The van der Waals surface area contributed by atoms with E-state index in [9.17, 15) is 9.90 Å². The summed E-state index contributed by atoms with van der Waals surface area (Å²) in [6, 6.07) is 1.61. The van der Waals surface area contributed by atoms with E-state index in [0.717, 1.165) is 19.4 Å². The van der Waals surface area contributed by atoms with Gasteiger partial charge in [-0.15, -0.1) is 0 Å². The van der Waals surface area contributed by atoms with Crippen LogP contribution in [0.4, 0.5) is 16.6 Å². The van der Waals surface area contributed by atoms with E-state index in [4.69, 9.17) is 16.3 Å². The van der Waals surface area contributed by atoms with E-state index in [-0.39, 0.29) is 17.2 Å². The molecule has 0 aliphatic carbocycles. The maximum absolute atomic E-state index is 11.8. The van der Waals surface area contributed by atoms with Gasteiger partial charge in [0.2, 0.25) is 5.95 Å². The number of aromatic nitrogens is 2. The molecule has 0 aromatic carbocycles. The third-order valence-corrected chi connectivity index (χ3v) is 3.21. The quantitative estimate of drug-likeness (QED) is 0.811. The number of ether oxygens (including phenoxy) is 1. The molecule has 0 saturated carbocycles. The number of aliphatic hydroxyl groups excluding tert-OH is 1. The first-order valence-corrected chi connectivity index (χ1v) is 7.58. The Bertz CT molecular complexity index is 547. The minimum Gasteiger partial charge on any atom is -0.444 e. The second-order valence-corrected chi connectivity index (χ2v) is 6.63. The summed E-state index contributed by atoms with van der Waals surface area (Å²) in [6.45, 7) is 6.57. The van der Waals surface area contributed by atoms with Crippen molar-refractivity contribution in [1.82, 2.24) is 9.97 Å². The fourth-order valence-corrected chi connectivity index (χ4v) is 2.36. The van der Waals surface area contributed by atoms with Crippen molar-refractivity contribution in [2.45, 2.75) is 45.3 Å². The molecule has 1 fully saturated rings. The first kappa shape index (κ1) is 16.8. The van der Waals surface area contributed by atoms with Gasteiger partial charge in [0.05, 0.1) is 6.10 Å². The molecular weight excluding hydrogens is 308 g/mol. The molecule has 1 atom stereocenters. The molecule has 122 valence electrons. The molecule has 1 aliphatic rings. The van der Waals surface area contributed by atoms with E-state index in [0.29, 0.717) is 12.4 Å². The number of anilines is 2. The van der Waals surface area contributed by atoms with Gasteiger partial charge in [-0.3, -0.25) is 5.32 Å². The van der Waals surface area contributed by atoms with Crippen LogP contribution in [0.1, 0.15) is 33.6 Å². The lowest BCUT2D eigenvalue weighted by molar-refractivity contribution is 0.0634. The lowest BCUT2D eigenvalue weighted by atomic mass is 10.1. The highest BCUT2D eigenvalue weighted by Gasteiger charge is 2.21. The lowest BCUT2D eigenvalue weighted by Gasteiger charge is -2.31. The largest absolute Gasteiger partial charge is 0.444 e. The van der Waals surface area contributed by atoms with E-state index in [1.165, 1.54) is 0 Å². The maximum atomic E-state index is 11.8. The van der Waals surface area contributed by atoms with E-state index in [1.54, 1.807) is 26.8 Å². The minimum atomic E-state index is -0.639. The topological polar surface area (TPSA) is 87.6 Å². The average Bonchev–Trinajstić information content (AvgIpc) is 2.35. The third-order valence-electron chi connectivity index (χ3n) is 3.01. The number of piperidine rings is 1. The van der Waals surface area contributed by atoms with Gasteiger partial charge in [-0.1, -0.05) is 11.6 Å². The molecule has 2 heterocycles. The average molecular weight is 329 g/mol. The van der Waals surface area contributed by atoms with Crippen molar-refractivity contribution < 1.29 is 14.6 Å². The summed E-state index contributed by atoms with van der Waals surface area (Å²) in [7, 11) is 0. The zero-order chi connectivity index (χ0) is 16.3. The van der Waals surface area contributed by atoms with Crippen molar-refractivity contribution in [2.24, 2.45) is 0 Å². The van der Waals surface area contributed by atoms with Gasteiger partial charge in [-0.2, -0.15) is 4.98 Å². The van der Waals surface area contributed by atoms with Crippen LogP contribution >= 0.6 is 11.6 Å². The highest BCUT2D eigenvalue weighted by molar-refractivity contribution is 6.29. The summed E-state index contributed by atoms with van der Waals surface area (Å²) in [5.74, 6) is 0.654. The molecular formula is C14H21ClN4O3. The van der Waals surface area contributed by atoms with Crippen LogP contribution in [0.3, 0.4) is 0 Å². The van der Waals surface area contributed by atoms with Crippen molar-refractivity contribution in [3.8, 4) is 0 Å². The number of nitrogens with zero attached hydrogens (tertiary/aromatic N) is 3. The molecule has 0 bridgehead atoms. The third kappa shape index (κ3) is 4.99. The molecule has 7 nitrogen and oxygen atoms in total. The molecule has 8 heteroatoms. The summed E-state index contributed by atoms with van der Waals surface area (Å²) in [4.78, 5) is 21.9. The summed E-state index contributed by atoms with van der Waals surface area (Å²) >= 11 is 5.99. The molecule has 1 unspecified atom stereocenters. The van der Waals surface area contributed by atoms with Crippen LogP contribution in [-0.2, 0) is 4.74 Å². The maximum Gasteiger partial charge on any atom is 0.414 e. The number of nitrogens with one attached hydrogen (secondary N) is 1. The van der Waals surface area contributed by atoms with Crippen LogP contribution in [0.15, 0.2) is 6.07 Å². The van der Waals surface area contributed by atoms with Crippen LogP contribution in [-0.4, -0.2) is 46.0 Å². The molecule has 0 radical (unpaired) electrons. The van der Waals surface area contributed by atoms with Gasteiger partial charge in [-0.25, -0.2) is 9.78 Å². The van der Waals surface area contributed by atoms with Crippen molar-refractivity contribution in [3.05, 3.63) is 11.2 Å². The molecule has 0 spiro atoms. The Morgan fingerprint density at radius 3 is 2.86 bits per heavy atom. The van der Waals surface area contributed by atoms with Gasteiger partial charge in [0.1, 0.15) is 16.6 Å². The smallest absolute Gasteiger partial charge is 0.414 e. The zero-order valence-electron chi connectivity index (χ0n) is 13.0. The minimum absolute atomic E-state index is 0.0804. The van der Waals surface area contributed by atoms with Crippen molar-refractivity contribution in [1.29, 1.82) is 0 Å². The van der Waals surface area contributed by atoms with Crippen LogP contribution in [0.25, 0.3) is 0 Å². The number of carbonyl (C=O) groups is 1. The molecule has 1 aromatic rings. The summed E-state index contributed by atoms with van der Waals surface area (Å²) in [5, 5.41) is 12.4. The number of hydrogen-bond acceptors (Lipinski definition) is 6. The standard InChI is InChI=1S/C14H21ClN4O3/c1-14(2,3)22-13(21)18-12-16-10(15)7-11(17-12)19-6-4-5-9(20)8-19/h7,9,20H,4-6,8H2,1-3H3,(H,16,17,18,21). The number of rotatable bonds is 2. The van der Waals surface area contributed by atoms with Crippen molar-refractivity contribution in [3.63, 3.8) is 0 Å². The molecule has 22 heavy (non-hydrogen) atoms. The number of aliphatic hydroxyl groups is 1. The highest BCUT2D eigenvalue weighted by atomic mass is 35.5. The SMILES string of the molecule is CC(C)(C)OC(=O)Nc1nc(Cl)cc(N2CCCC(O)C2)n1. The number of carbonyl (C=O) groups excluding carboxylic acids is 1. The normalized spacial score (nSPS) is 19.0. The monoisotopic (exact) mass is 328 g/mol. The Kier molecular flexibility index (Phi) is 5.08. The van der Waals surface area contributed by atoms with E-state index < -0.39 is 11.7 Å². The molecule has 1 amide bonds. The van der Waals surface area contributed by atoms with Crippen LogP contribution in [0.5, 0.6) is 0 Å². The van der Waals surface area contributed by atoms with Crippen molar-refractivity contribution in [2.75, 3.05) is 23.3 Å². The Morgan fingerprint density at radius 1 is 1.50 bits per heavy atom. The van der Waals surface area contributed by atoms with Gasteiger partial charge in [0, 0.05) is 19.2 Å². The van der Waals surface area contributed by atoms with Crippen LogP contribution in [0, 0.1) is 0 Å². The lowest BCUT2D eigenvalue weighted by Crippen LogP contribution is -2.38. The number of β-amino-alcohol motifs (C(OH)–C–C–N with tert-alkyl or cyclic N) is 1. The van der Waals surface area contributed by atoms with Gasteiger partial charge in [0.25, 0.3) is 0 Å². The molecule has 1 aromatic heterocycles. The van der Waals surface area contributed by atoms with Gasteiger partial charge in [0.15, 0.2) is 0 Å². The zero-order valence-corrected chi connectivity index (χ0v) is 13.7. The molecule has 2 rings (SSSR count). The van der Waals surface area contributed by atoms with Gasteiger partial charge >= 0.3 is 6.09 Å². The van der Waals surface area contributed by atoms with Crippen LogP contribution in [0.2, 0.25) is 5.15 Å². The second-order valence-electron chi connectivity index (χ2n) is 6.24. The Balaban J connectivity index is 2.11. The summed E-state index contributed by atoms with van der Waals surface area (Å²) in [5.41, 5.74) is -0.609. The second kappa shape index (κ2) is 6.66. The van der Waals surface area contributed by atoms with E-state index >= 15 is 0 Å². The molecule has 1 aliphatic heterocycles. The summed E-state index contributed by atoms with van der Waals surface area (Å²) < 4.78 is 5.16. The van der Waals surface area contributed by atoms with Gasteiger partial charge in [-0.05, 0) is 33.6 Å².